The Labute approximate surface area is 166 Å². The van der Waals surface area contributed by atoms with Crippen LogP contribution < -0.4 is 15.4 Å². The van der Waals surface area contributed by atoms with Crippen molar-refractivity contribution in [2.75, 3.05) is 34.3 Å². The molecule has 0 saturated carbocycles. The first-order chi connectivity index (χ1) is 13.5. The van der Waals surface area contributed by atoms with Crippen LogP contribution in [0.2, 0.25) is 0 Å². The first kappa shape index (κ1) is 21.2. The number of nitrogens with zero attached hydrogens (tertiary/aromatic N) is 1. The summed E-state index contributed by atoms with van der Waals surface area (Å²) in [6.07, 6.45) is 2.47. The largest absolute Gasteiger partial charge is 0.497 e. The first-order valence-electron chi connectivity index (χ1n) is 9.14. The fourth-order valence-electron chi connectivity index (χ4n) is 2.50. The molecule has 2 aromatic rings. The van der Waals surface area contributed by atoms with Gasteiger partial charge < -0.3 is 20.3 Å². The van der Waals surface area contributed by atoms with E-state index in [1.54, 1.807) is 49.6 Å². The lowest BCUT2D eigenvalue weighted by Crippen LogP contribution is -2.36. The number of methoxy groups -OCH3 is 1. The SMILES string of the molecule is COc1ccc(/C=C(\NC(=O)c2ccccc2)C(=O)NCCCN(C)C)cc1. The molecule has 2 amide bonds. The number of carbonyl (C=O) groups excluding carboxylic acids is 2. The Hall–Kier alpha value is -3.12. The summed E-state index contributed by atoms with van der Waals surface area (Å²) in [5.74, 6) is 0.0721. The van der Waals surface area contributed by atoms with E-state index in [0.29, 0.717) is 12.1 Å². The molecule has 0 aromatic heterocycles. The molecule has 0 heterocycles. The smallest absolute Gasteiger partial charge is 0.267 e. The maximum Gasteiger partial charge on any atom is 0.267 e. The van der Waals surface area contributed by atoms with E-state index in [0.717, 1.165) is 24.3 Å². The molecule has 0 aliphatic carbocycles. The summed E-state index contributed by atoms with van der Waals surface area (Å²) in [6.45, 7) is 1.40. The summed E-state index contributed by atoms with van der Waals surface area (Å²) in [4.78, 5) is 27.2. The molecule has 0 spiro atoms. The van der Waals surface area contributed by atoms with E-state index in [-0.39, 0.29) is 17.5 Å². The molecule has 0 radical (unpaired) electrons. The third-order valence-electron chi connectivity index (χ3n) is 4.02. The number of nitrogens with one attached hydrogen (secondary N) is 2. The molecular formula is C22H27N3O3. The molecule has 0 bridgehead atoms. The van der Waals surface area contributed by atoms with Crippen LogP contribution in [0.25, 0.3) is 6.08 Å². The average molecular weight is 381 g/mol. The maximum absolute atomic E-state index is 12.6. The van der Waals surface area contributed by atoms with Gasteiger partial charge in [0.15, 0.2) is 0 Å². The van der Waals surface area contributed by atoms with Gasteiger partial charge in [0, 0.05) is 12.1 Å². The summed E-state index contributed by atoms with van der Waals surface area (Å²) in [5, 5.41) is 5.59. The molecule has 6 heteroatoms. The lowest BCUT2D eigenvalue weighted by molar-refractivity contribution is -0.117. The third kappa shape index (κ3) is 6.89. The van der Waals surface area contributed by atoms with Crippen molar-refractivity contribution in [2.24, 2.45) is 0 Å². The van der Waals surface area contributed by atoms with Crippen molar-refractivity contribution in [2.45, 2.75) is 6.42 Å². The number of amides is 2. The Morgan fingerprint density at radius 1 is 1.04 bits per heavy atom. The van der Waals surface area contributed by atoms with Crippen LogP contribution in [0.4, 0.5) is 0 Å². The van der Waals surface area contributed by atoms with Crippen LogP contribution in [-0.4, -0.2) is 51.0 Å². The van der Waals surface area contributed by atoms with Gasteiger partial charge in [-0.15, -0.1) is 0 Å². The van der Waals surface area contributed by atoms with Gasteiger partial charge in [0.1, 0.15) is 11.4 Å². The van der Waals surface area contributed by atoms with Gasteiger partial charge in [-0.1, -0.05) is 30.3 Å². The number of hydrogen-bond donors (Lipinski definition) is 2. The van der Waals surface area contributed by atoms with Crippen molar-refractivity contribution in [3.8, 4) is 5.75 Å². The van der Waals surface area contributed by atoms with Gasteiger partial charge >= 0.3 is 0 Å². The fraction of sp³-hybridized carbons (Fsp3) is 0.273. The molecule has 0 unspecified atom stereocenters. The van der Waals surface area contributed by atoms with Gasteiger partial charge in [0.2, 0.25) is 0 Å². The average Bonchev–Trinajstić information content (AvgIpc) is 2.71. The minimum Gasteiger partial charge on any atom is -0.497 e. The second-order valence-electron chi connectivity index (χ2n) is 6.56. The quantitative estimate of drug-likeness (QED) is 0.517. The van der Waals surface area contributed by atoms with Crippen LogP contribution in [0.1, 0.15) is 22.3 Å². The molecule has 6 nitrogen and oxygen atoms in total. The normalized spacial score (nSPS) is 11.2. The van der Waals surface area contributed by atoms with Crippen LogP contribution in [0.3, 0.4) is 0 Å². The van der Waals surface area contributed by atoms with Crippen LogP contribution in [0, 0.1) is 0 Å². The Morgan fingerprint density at radius 2 is 1.71 bits per heavy atom. The van der Waals surface area contributed by atoms with E-state index < -0.39 is 0 Å². The summed E-state index contributed by atoms with van der Waals surface area (Å²) in [6, 6.07) is 16.1. The predicted octanol–water partition coefficient (Wildman–Crippen LogP) is 2.53. The molecule has 0 aliphatic rings. The van der Waals surface area contributed by atoms with Crippen molar-refractivity contribution >= 4 is 17.9 Å². The number of benzene rings is 2. The number of ether oxygens (including phenoxy) is 1. The Kier molecular flexibility index (Phi) is 8.24. The maximum atomic E-state index is 12.6. The monoisotopic (exact) mass is 381 g/mol. The van der Waals surface area contributed by atoms with Gasteiger partial charge in [0.25, 0.3) is 11.8 Å². The number of hydrogen-bond acceptors (Lipinski definition) is 4. The fourth-order valence-corrected chi connectivity index (χ4v) is 2.50. The molecule has 2 N–H and O–H groups in total. The highest BCUT2D eigenvalue weighted by Gasteiger charge is 2.14. The van der Waals surface area contributed by atoms with Gasteiger partial charge in [-0.2, -0.15) is 0 Å². The molecule has 28 heavy (non-hydrogen) atoms. The Bertz CT molecular complexity index is 800. The van der Waals surface area contributed by atoms with E-state index in [4.69, 9.17) is 4.74 Å². The molecule has 148 valence electrons. The number of rotatable bonds is 9. The predicted molar refractivity (Wildman–Crippen MR) is 111 cm³/mol. The standard InChI is InChI=1S/C22H27N3O3/c1-25(2)15-7-14-23-22(27)20(16-17-10-12-19(28-3)13-11-17)24-21(26)18-8-5-4-6-9-18/h4-6,8-13,16H,7,14-15H2,1-3H3,(H,23,27)(H,24,26)/b20-16-. The van der Waals surface area contributed by atoms with E-state index in [1.807, 2.05) is 32.3 Å². The Balaban J connectivity index is 2.15. The van der Waals surface area contributed by atoms with Gasteiger partial charge in [-0.05, 0) is 63.0 Å². The highest BCUT2D eigenvalue weighted by atomic mass is 16.5. The topological polar surface area (TPSA) is 70.7 Å². The lowest BCUT2D eigenvalue weighted by atomic mass is 10.1. The van der Waals surface area contributed by atoms with Crippen LogP contribution in [0.15, 0.2) is 60.3 Å². The molecule has 0 aliphatic heterocycles. The molecule has 0 atom stereocenters. The van der Waals surface area contributed by atoms with Crippen molar-refractivity contribution in [1.82, 2.24) is 15.5 Å². The second kappa shape index (κ2) is 10.9. The van der Waals surface area contributed by atoms with E-state index in [9.17, 15) is 9.59 Å². The highest BCUT2D eigenvalue weighted by Crippen LogP contribution is 2.14. The van der Waals surface area contributed by atoms with Gasteiger partial charge in [-0.25, -0.2) is 0 Å². The molecule has 2 rings (SSSR count). The Morgan fingerprint density at radius 3 is 2.32 bits per heavy atom. The van der Waals surface area contributed by atoms with Crippen LogP contribution >= 0.6 is 0 Å². The zero-order chi connectivity index (χ0) is 20.4. The minimum absolute atomic E-state index is 0.198. The van der Waals surface area contributed by atoms with Crippen molar-refractivity contribution in [1.29, 1.82) is 0 Å². The lowest BCUT2D eigenvalue weighted by Gasteiger charge is -2.13. The van der Waals surface area contributed by atoms with Crippen molar-refractivity contribution in [3.05, 3.63) is 71.4 Å². The number of carbonyl (C=O) groups is 2. The molecule has 0 fully saturated rings. The first-order valence-corrected chi connectivity index (χ1v) is 9.14. The van der Waals surface area contributed by atoms with Gasteiger partial charge in [-0.3, -0.25) is 9.59 Å². The van der Waals surface area contributed by atoms with E-state index in [1.165, 1.54) is 0 Å². The van der Waals surface area contributed by atoms with E-state index in [2.05, 4.69) is 15.5 Å². The summed E-state index contributed by atoms with van der Waals surface area (Å²) in [5.41, 5.74) is 1.47. The summed E-state index contributed by atoms with van der Waals surface area (Å²) >= 11 is 0. The highest BCUT2D eigenvalue weighted by molar-refractivity contribution is 6.05. The third-order valence-corrected chi connectivity index (χ3v) is 4.02. The van der Waals surface area contributed by atoms with Gasteiger partial charge in [0.05, 0.1) is 7.11 Å². The van der Waals surface area contributed by atoms with Crippen molar-refractivity contribution in [3.63, 3.8) is 0 Å². The molecule has 2 aromatic carbocycles. The molecule has 0 saturated heterocycles. The summed E-state index contributed by atoms with van der Waals surface area (Å²) in [7, 11) is 5.56. The summed E-state index contributed by atoms with van der Waals surface area (Å²) < 4.78 is 5.16. The van der Waals surface area contributed by atoms with E-state index >= 15 is 0 Å². The van der Waals surface area contributed by atoms with Crippen LogP contribution in [-0.2, 0) is 4.79 Å². The van der Waals surface area contributed by atoms with Crippen LogP contribution in [0.5, 0.6) is 5.75 Å². The zero-order valence-corrected chi connectivity index (χ0v) is 16.6. The molecular weight excluding hydrogens is 354 g/mol. The minimum atomic E-state index is -0.330. The van der Waals surface area contributed by atoms with Crippen molar-refractivity contribution < 1.29 is 14.3 Å². The zero-order valence-electron chi connectivity index (χ0n) is 16.6. The second-order valence-corrected chi connectivity index (χ2v) is 6.56.